The lowest BCUT2D eigenvalue weighted by Gasteiger charge is -2.31. The van der Waals surface area contributed by atoms with Crippen LogP contribution in [0.2, 0.25) is 0 Å². The van der Waals surface area contributed by atoms with Crippen LogP contribution in [-0.4, -0.2) is 74.0 Å². The lowest BCUT2D eigenvalue weighted by Crippen LogP contribution is -2.50. The van der Waals surface area contributed by atoms with Gasteiger partial charge in [0.2, 0.25) is 5.91 Å². The highest BCUT2D eigenvalue weighted by molar-refractivity contribution is 7.15. The van der Waals surface area contributed by atoms with E-state index in [1.54, 1.807) is 11.3 Å². The molecule has 0 aliphatic heterocycles. The molecule has 1 aliphatic carbocycles. The fourth-order valence-electron chi connectivity index (χ4n) is 4.53. The van der Waals surface area contributed by atoms with E-state index in [9.17, 15) is 9.59 Å². The summed E-state index contributed by atoms with van der Waals surface area (Å²) in [7, 11) is 5.88. The maximum absolute atomic E-state index is 13.3. The lowest BCUT2D eigenvalue weighted by atomic mass is 9.83. The summed E-state index contributed by atoms with van der Waals surface area (Å²) in [5.74, 6) is 0.0217. The van der Waals surface area contributed by atoms with E-state index >= 15 is 0 Å². The number of thiazole rings is 1. The van der Waals surface area contributed by atoms with Gasteiger partial charge in [-0.2, -0.15) is 0 Å². The molecule has 31 heavy (non-hydrogen) atoms. The van der Waals surface area contributed by atoms with E-state index in [0.717, 1.165) is 37.9 Å². The lowest BCUT2D eigenvalue weighted by molar-refractivity contribution is -0.132. The number of nitrogen functional groups attached to an aromatic ring is 1. The number of fused-ring (bicyclic) bond motifs is 1. The van der Waals surface area contributed by atoms with Crippen LogP contribution in [-0.2, 0) is 17.6 Å². The van der Waals surface area contributed by atoms with Crippen molar-refractivity contribution in [2.75, 3.05) is 53.1 Å². The smallest absolute Gasteiger partial charge is 0.324 e. The number of imide groups is 1. The van der Waals surface area contributed by atoms with E-state index in [-0.39, 0.29) is 23.3 Å². The monoisotopic (exact) mass is 452 g/mol. The number of hydrogen-bond acceptors (Lipinski definition) is 7. The van der Waals surface area contributed by atoms with Crippen molar-refractivity contribution in [1.82, 2.24) is 25.4 Å². The van der Waals surface area contributed by atoms with Crippen LogP contribution in [0.3, 0.4) is 0 Å². The van der Waals surface area contributed by atoms with Gasteiger partial charge in [-0.25, -0.2) is 9.78 Å². The number of nitrogens with zero attached hydrogens (tertiary/aromatic N) is 3. The summed E-state index contributed by atoms with van der Waals surface area (Å²) in [5, 5.41) is 6.74. The minimum Gasteiger partial charge on any atom is -0.375 e. The summed E-state index contributed by atoms with van der Waals surface area (Å²) in [4.78, 5) is 35.4. The van der Waals surface area contributed by atoms with Gasteiger partial charge in [0.1, 0.15) is 0 Å². The second-order valence-corrected chi connectivity index (χ2v) is 10.8. The van der Waals surface area contributed by atoms with Crippen LogP contribution in [0.1, 0.15) is 44.2 Å². The summed E-state index contributed by atoms with van der Waals surface area (Å²) in [5.41, 5.74) is 6.87. The van der Waals surface area contributed by atoms with Crippen molar-refractivity contribution in [1.29, 1.82) is 0 Å². The summed E-state index contributed by atoms with van der Waals surface area (Å²) >= 11 is 1.57. The molecule has 0 aromatic carbocycles. The maximum Gasteiger partial charge on any atom is 0.324 e. The molecule has 3 amide bonds. The number of nitrogens with one attached hydrogen (secondary N) is 2. The van der Waals surface area contributed by atoms with Crippen LogP contribution >= 0.6 is 11.3 Å². The van der Waals surface area contributed by atoms with E-state index in [0.29, 0.717) is 30.7 Å². The second-order valence-electron chi connectivity index (χ2n) is 9.66. The molecule has 0 saturated carbocycles. The van der Waals surface area contributed by atoms with Gasteiger partial charge in [0.15, 0.2) is 5.13 Å². The summed E-state index contributed by atoms with van der Waals surface area (Å²) in [6, 6.07) is -0.307. The number of urea groups is 1. The minimum absolute atomic E-state index is 0.0822. The molecule has 176 valence electrons. The molecule has 4 N–H and O–H groups in total. The number of aryl methyl sites for hydroxylation is 1. The molecule has 1 aromatic heterocycles. The predicted molar refractivity (Wildman–Crippen MR) is 127 cm³/mol. The van der Waals surface area contributed by atoms with E-state index < -0.39 is 0 Å². The van der Waals surface area contributed by atoms with Crippen LogP contribution < -0.4 is 16.4 Å². The van der Waals surface area contributed by atoms with Gasteiger partial charge < -0.3 is 21.3 Å². The number of rotatable bonds is 10. The van der Waals surface area contributed by atoms with Crippen molar-refractivity contribution in [2.24, 2.45) is 17.3 Å². The van der Waals surface area contributed by atoms with Gasteiger partial charge in [-0.3, -0.25) is 9.69 Å². The molecule has 0 spiro atoms. The molecule has 2 rings (SSSR count). The number of hydrogen-bond donors (Lipinski definition) is 3. The fraction of sp³-hybridized carbons (Fsp3) is 0.773. The molecule has 0 radical (unpaired) electrons. The average molecular weight is 453 g/mol. The first kappa shape index (κ1) is 25.5. The van der Waals surface area contributed by atoms with Crippen LogP contribution in [0.15, 0.2) is 0 Å². The van der Waals surface area contributed by atoms with E-state index in [1.165, 1.54) is 9.78 Å². The number of anilines is 1. The van der Waals surface area contributed by atoms with Gasteiger partial charge in [0.25, 0.3) is 0 Å². The third kappa shape index (κ3) is 7.43. The van der Waals surface area contributed by atoms with Crippen LogP contribution in [0.25, 0.3) is 0 Å². The summed E-state index contributed by atoms with van der Waals surface area (Å²) in [6.07, 6.45) is 3.59. The van der Waals surface area contributed by atoms with Crippen LogP contribution in [0, 0.1) is 17.3 Å². The molecule has 0 bridgehead atoms. The largest absolute Gasteiger partial charge is 0.375 e. The molecule has 1 aliphatic rings. The molecule has 1 aromatic rings. The maximum atomic E-state index is 13.3. The molecule has 2 atom stereocenters. The summed E-state index contributed by atoms with van der Waals surface area (Å²) in [6.45, 7) is 8.34. The topological polar surface area (TPSA) is 104 Å². The Hall–Kier alpha value is -1.71. The van der Waals surface area contributed by atoms with Crippen molar-refractivity contribution < 1.29 is 9.59 Å². The number of amides is 3. The minimum atomic E-state index is -0.307. The zero-order chi connectivity index (χ0) is 23.2. The predicted octanol–water partition coefficient (Wildman–Crippen LogP) is 2.20. The average Bonchev–Trinajstić information content (AvgIpc) is 3.05. The quantitative estimate of drug-likeness (QED) is 0.503. The van der Waals surface area contributed by atoms with Gasteiger partial charge in [-0.15, -0.1) is 11.3 Å². The molecule has 8 nitrogen and oxygen atoms in total. The first-order valence-corrected chi connectivity index (χ1v) is 12.0. The molecular formula is C22H40N6O2S. The highest BCUT2D eigenvalue weighted by atomic mass is 32.1. The Bertz CT molecular complexity index is 748. The molecule has 0 saturated heterocycles. The van der Waals surface area contributed by atoms with Gasteiger partial charge >= 0.3 is 6.03 Å². The van der Waals surface area contributed by atoms with Gasteiger partial charge in [-0.1, -0.05) is 13.8 Å². The highest BCUT2D eigenvalue weighted by Crippen LogP contribution is 2.34. The third-order valence-electron chi connectivity index (χ3n) is 5.76. The van der Waals surface area contributed by atoms with Crippen molar-refractivity contribution in [3.05, 3.63) is 10.6 Å². The van der Waals surface area contributed by atoms with E-state index in [4.69, 9.17) is 5.73 Å². The molecular weight excluding hydrogens is 412 g/mol. The number of carbonyl (C=O) groups is 2. The van der Waals surface area contributed by atoms with Crippen LogP contribution in [0.4, 0.5) is 9.93 Å². The van der Waals surface area contributed by atoms with E-state index in [2.05, 4.69) is 34.4 Å². The molecule has 2 unspecified atom stereocenters. The molecule has 1 heterocycles. The SMILES string of the molecule is CCN(C(=O)NCC(C)(C)CN(C)C)C(=O)C(CNC)CC1CCc2sc(N)nc2C1. The zero-order valence-corrected chi connectivity index (χ0v) is 20.8. The first-order valence-electron chi connectivity index (χ1n) is 11.2. The summed E-state index contributed by atoms with van der Waals surface area (Å²) < 4.78 is 0. The fourth-order valence-corrected chi connectivity index (χ4v) is 5.41. The second kappa shape index (κ2) is 11.2. The Morgan fingerprint density at radius 3 is 2.68 bits per heavy atom. The Balaban J connectivity index is 2.00. The van der Waals surface area contributed by atoms with Crippen molar-refractivity contribution in [3.63, 3.8) is 0 Å². The normalized spacial score (nSPS) is 17.3. The zero-order valence-electron chi connectivity index (χ0n) is 20.0. The Morgan fingerprint density at radius 2 is 2.06 bits per heavy atom. The van der Waals surface area contributed by atoms with E-state index in [1.807, 2.05) is 28.1 Å². The van der Waals surface area contributed by atoms with Gasteiger partial charge in [0, 0.05) is 31.1 Å². The molecule has 9 heteroatoms. The van der Waals surface area contributed by atoms with Gasteiger partial charge in [0.05, 0.1) is 11.6 Å². The Labute approximate surface area is 191 Å². The van der Waals surface area contributed by atoms with Gasteiger partial charge in [-0.05, 0) is 65.1 Å². The van der Waals surface area contributed by atoms with Crippen molar-refractivity contribution >= 4 is 28.4 Å². The first-order chi connectivity index (χ1) is 14.6. The van der Waals surface area contributed by atoms with Crippen molar-refractivity contribution in [3.8, 4) is 0 Å². The Kier molecular flexibility index (Phi) is 9.27. The standard InChI is InChI=1S/C22H40N6O2S/c1-7-28(21(30)25-13-22(2,3)14-27(5)6)19(29)16(12-24-4)10-15-8-9-18-17(11-15)26-20(23)31-18/h15-16,24H,7-14H2,1-6H3,(H2,23,26)(H,25,30). The number of carbonyl (C=O) groups excluding carboxylic acids is 2. The third-order valence-corrected chi connectivity index (χ3v) is 6.75. The molecule has 0 fully saturated rings. The number of aromatic nitrogens is 1. The van der Waals surface area contributed by atoms with Crippen molar-refractivity contribution in [2.45, 2.75) is 46.5 Å². The Morgan fingerprint density at radius 1 is 1.35 bits per heavy atom. The number of nitrogens with two attached hydrogens (primary N) is 1. The van der Waals surface area contributed by atoms with Crippen LogP contribution in [0.5, 0.6) is 0 Å². The highest BCUT2D eigenvalue weighted by Gasteiger charge is 2.32.